The Morgan fingerprint density at radius 2 is 1.74 bits per heavy atom. The van der Waals surface area contributed by atoms with Gasteiger partial charge in [0.1, 0.15) is 11.6 Å². The van der Waals surface area contributed by atoms with Crippen molar-refractivity contribution in [3.05, 3.63) is 71.8 Å². The summed E-state index contributed by atoms with van der Waals surface area (Å²) in [6.45, 7) is 2.03. The first-order valence-electron chi connectivity index (χ1n) is 7.28. The number of nitriles is 1. The van der Waals surface area contributed by atoms with Crippen molar-refractivity contribution in [2.24, 2.45) is 5.84 Å². The lowest BCUT2D eigenvalue weighted by Crippen LogP contribution is -2.32. The maximum atomic E-state index is 10.2. The van der Waals surface area contributed by atoms with Crippen LogP contribution in [0, 0.1) is 11.3 Å². The molecule has 0 aromatic heterocycles. The van der Waals surface area contributed by atoms with Crippen molar-refractivity contribution < 1.29 is 9.84 Å². The Morgan fingerprint density at radius 1 is 1.17 bits per heavy atom. The molecule has 0 saturated carbocycles. The molecule has 1 unspecified atom stereocenters. The number of nitrogens with two attached hydrogens (primary N) is 1. The number of aliphatic hydroxyl groups is 1. The minimum Gasteiger partial charge on any atom is -0.364 e. The zero-order chi connectivity index (χ0) is 16.7. The Balaban J connectivity index is 2.59. The molecule has 5 heteroatoms. The van der Waals surface area contributed by atoms with Gasteiger partial charge in [-0.3, -0.25) is 5.01 Å². The first-order chi connectivity index (χ1) is 11.2. The van der Waals surface area contributed by atoms with Crippen molar-refractivity contribution in [2.75, 3.05) is 11.6 Å². The molecule has 23 heavy (non-hydrogen) atoms. The number of aliphatic hydroxyl groups excluding tert-OH is 1. The number of rotatable bonds is 6. The predicted octanol–water partition coefficient (Wildman–Crippen LogP) is 2.66. The van der Waals surface area contributed by atoms with Gasteiger partial charge in [-0.1, -0.05) is 48.5 Å². The van der Waals surface area contributed by atoms with Crippen LogP contribution in [-0.4, -0.2) is 18.0 Å². The highest BCUT2D eigenvalue weighted by Crippen LogP contribution is 2.27. The van der Waals surface area contributed by atoms with Gasteiger partial charge in [-0.15, -0.1) is 0 Å². The number of nitrogens with zero attached hydrogens (tertiary/aromatic N) is 2. The summed E-state index contributed by atoms with van der Waals surface area (Å²) in [5.41, 5.74) is 1.88. The summed E-state index contributed by atoms with van der Waals surface area (Å²) in [7, 11) is 0. The maximum Gasteiger partial charge on any atom is 0.193 e. The van der Waals surface area contributed by atoms with E-state index in [0.717, 1.165) is 0 Å². The van der Waals surface area contributed by atoms with Gasteiger partial charge in [0.05, 0.1) is 11.4 Å². The minimum atomic E-state index is -1.34. The summed E-state index contributed by atoms with van der Waals surface area (Å²) >= 11 is 0. The van der Waals surface area contributed by atoms with Gasteiger partial charge < -0.3 is 9.84 Å². The Labute approximate surface area is 135 Å². The van der Waals surface area contributed by atoms with Gasteiger partial charge in [0.2, 0.25) is 0 Å². The molecule has 0 heterocycles. The first-order valence-corrected chi connectivity index (χ1v) is 7.28. The number of hydrazine groups is 1. The van der Waals surface area contributed by atoms with E-state index in [4.69, 9.17) is 10.6 Å². The highest BCUT2D eigenvalue weighted by molar-refractivity contribution is 5.82. The van der Waals surface area contributed by atoms with E-state index in [9.17, 15) is 10.4 Å². The smallest absolute Gasteiger partial charge is 0.193 e. The van der Waals surface area contributed by atoms with Crippen molar-refractivity contribution in [3.8, 4) is 6.07 Å². The average Bonchev–Trinajstić information content (AvgIpc) is 2.60. The fourth-order valence-electron chi connectivity index (χ4n) is 2.20. The molecule has 2 aromatic carbocycles. The highest BCUT2D eigenvalue weighted by Gasteiger charge is 2.22. The first kappa shape index (κ1) is 16.7. The molecule has 0 saturated heterocycles. The predicted molar refractivity (Wildman–Crippen MR) is 89.7 cm³/mol. The highest BCUT2D eigenvalue weighted by atomic mass is 16.6. The fourth-order valence-corrected chi connectivity index (χ4v) is 2.20. The molecule has 3 N–H and O–H groups in total. The van der Waals surface area contributed by atoms with Crippen LogP contribution in [-0.2, 0) is 4.74 Å². The van der Waals surface area contributed by atoms with Gasteiger partial charge in [-0.2, -0.15) is 5.26 Å². The standard InChI is InChI=1S/C18H19N3O2/c1-2-23-18(22)16(13-19)17(14-9-5-3-6-10-14)21(20)15-11-7-4-8-12-15/h3-12,18,22H,2,20H2,1H3/b17-16+. The van der Waals surface area contributed by atoms with E-state index >= 15 is 0 Å². The molecule has 0 aliphatic heterocycles. The summed E-state index contributed by atoms with van der Waals surface area (Å²) in [6.07, 6.45) is -1.34. The lowest BCUT2D eigenvalue weighted by atomic mass is 10.1. The molecule has 1 atom stereocenters. The summed E-state index contributed by atoms with van der Waals surface area (Å²) in [5.74, 6) is 6.24. The SMILES string of the molecule is CCOC(O)/C(C#N)=C(\c1ccccc1)N(N)c1ccccc1. The summed E-state index contributed by atoms with van der Waals surface area (Å²) in [6, 6.07) is 20.5. The topological polar surface area (TPSA) is 82.5 Å². The Hall–Kier alpha value is -2.65. The second-order valence-corrected chi connectivity index (χ2v) is 4.75. The molecule has 2 rings (SSSR count). The van der Waals surface area contributed by atoms with Crippen LogP contribution in [0.1, 0.15) is 12.5 Å². The van der Waals surface area contributed by atoms with Gasteiger partial charge in [-0.05, 0) is 19.1 Å². The number of para-hydroxylation sites is 1. The molecular weight excluding hydrogens is 290 g/mol. The zero-order valence-corrected chi connectivity index (χ0v) is 12.9. The largest absolute Gasteiger partial charge is 0.364 e. The molecule has 0 aliphatic carbocycles. The molecule has 0 radical (unpaired) electrons. The van der Waals surface area contributed by atoms with Gasteiger partial charge in [-0.25, -0.2) is 5.84 Å². The Morgan fingerprint density at radius 3 is 2.26 bits per heavy atom. The van der Waals surface area contributed by atoms with E-state index in [1.807, 2.05) is 66.7 Å². The molecule has 5 nitrogen and oxygen atoms in total. The number of hydrogen-bond acceptors (Lipinski definition) is 5. The van der Waals surface area contributed by atoms with Crippen LogP contribution in [0.15, 0.2) is 66.2 Å². The molecule has 118 valence electrons. The van der Waals surface area contributed by atoms with Crippen LogP contribution < -0.4 is 10.9 Å². The van der Waals surface area contributed by atoms with Crippen LogP contribution in [0.2, 0.25) is 0 Å². The normalized spacial score (nSPS) is 13.0. The second kappa shape index (κ2) is 8.11. The third-order valence-corrected chi connectivity index (χ3v) is 3.27. The minimum absolute atomic E-state index is 0.0596. The van der Waals surface area contributed by atoms with Crippen molar-refractivity contribution in [3.63, 3.8) is 0 Å². The van der Waals surface area contributed by atoms with Crippen molar-refractivity contribution in [1.82, 2.24) is 0 Å². The summed E-state index contributed by atoms with van der Waals surface area (Å²) < 4.78 is 5.18. The van der Waals surface area contributed by atoms with Crippen LogP contribution in [0.5, 0.6) is 0 Å². The lowest BCUT2D eigenvalue weighted by Gasteiger charge is -2.25. The van der Waals surface area contributed by atoms with E-state index in [1.54, 1.807) is 6.92 Å². The maximum absolute atomic E-state index is 10.2. The van der Waals surface area contributed by atoms with E-state index in [0.29, 0.717) is 16.9 Å². The Kier molecular flexibility index (Phi) is 5.89. The number of anilines is 1. The second-order valence-electron chi connectivity index (χ2n) is 4.75. The quantitative estimate of drug-likeness (QED) is 0.371. The van der Waals surface area contributed by atoms with Crippen LogP contribution in [0.4, 0.5) is 5.69 Å². The monoisotopic (exact) mass is 309 g/mol. The molecule has 0 aliphatic rings. The van der Waals surface area contributed by atoms with Gasteiger partial charge in [0, 0.05) is 12.2 Å². The zero-order valence-electron chi connectivity index (χ0n) is 12.9. The van der Waals surface area contributed by atoms with Gasteiger partial charge in [0.25, 0.3) is 0 Å². The van der Waals surface area contributed by atoms with E-state index < -0.39 is 6.29 Å². The molecule has 0 amide bonds. The molecular formula is C18H19N3O2. The summed E-state index contributed by atoms with van der Waals surface area (Å²) in [4.78, 5) is 0. The third-order valence-electron chi connectivity index (χ3n) is 3.27. The molecule has 0 fully saturated rings. The van der Waals surface area contributed by atoms with Gasteiger partial charge >= 0.3 is 0 Å². The van der Waals surface area contributed by atoms with Crippen molar-refractivity contribution in [2.45, 2.75) is 13.2 Å². The van der Waals surface area contributed by atoms with E-state index in [-0.39, 0.29) is 12.2 Å². The van der Waals surface area contributed by atoms with Gasteiger partial charge in [0.15, 0.2) is 6.29 Å². The Bertz CT molecular complexity index is 693. The third kappa shape index (κ3) is 3.96. The van der Waals surface area contributed by atoms with Crippen LogP contribution in [0.25, 0.3) is 5.70 Å². The lowest BCUT2D eigenvalue weighted by molar-refractivity contribution is -0.0637. The average molecular weight is 309 g/mol. The molecule has 2 aromatic rings. The van der Waals surface area contributed by atoms with Crippen molar-refractivity contribution >= 4 is 11.4 Å². The van der Waals surface area contributed by atoms with E-state index in [2.05, 4.69) is 0 Å². The summed E-state index contributed by atoms with van der Waals surface area (Å²) in [5, 5.41) is 21.1. The molecule has 0 spiro atoms. The number of hydrogen-bond donors (Lipinski definition) is 2. The van der Waals surface area contributed by atoms with E-state index in [1.165, 1.54) is 5.01 Å². The molecule has 0 bridgehead atoms. The van der Waals surface area contributed by atoms with Crippen molar-refractivity contribution in [1.29, 1.82) is 5.26 Å². The van der Waals surface area contributed by atoms with Crippen LogP contribution >= 0.6 is 0 Å². The number of ether oxygens (including phenoxy) is 1. The van der Waals surface area contributed by atoms with Crippen LogP contribution in [0.3, 0.4) is 0 Å². The fraction of sp³-hybridized carbons (Fsp3) is 0.167. The number of benzene rings is 2.